The second-order valence-corrected chi connectivity index (χ2v) is 7.82. The summed E-state index contributed by atoms with van der Waals surface area (Å²) in [5.41, 5.74) is 2.96. The van der Waals surface area contributed by atoms with Gasteiger partial charge in [0.05, 0.1) is 11.0 Å². The molecule has 0 saturated heterocycles. The van der Waals surface area contributed by atoms with Gasteiger partial charge in [0.2, 0.25) is 0 Å². The second-order valence-electron chi connectivity index (χ2n) is 5.58. The van der Waals surface area contributed by atoms with Gasteiger partial charge in [0, 0.05) is 11.2 Å². The summed E-state index contributed by atoms with van der Waals surface area (Å²) < 4.78 is 23.0. The Balaban J connectivity index is 0.000000189. The zero-order valence-corrected chi connectivity index (χ0v) is 18.4. The first kappa shape index (κ1) is 21.2. The summed E-state index contributed by atoms with van der Waals surface area (Å²) in [5.74, 6) is 0.935. The van der Waals surface area contributed by atoms with Crippen molar-refractivity contribution in [3.05, 3.63) is 42.1 Å². The fourth-order valence-corrected chi connectivity index (χ4v) is 3.07. The number of benzene rings is 1. The van der Waals surface area contributed by atoms with Gasteiger partial charge in [-0.15, -0.1) is 0 Å². The van der Waals surface area contributed by atoms with E-state index < -0.39 is 11.2 Å². The van der Waals surface area contributed by atoms with E-state index in [0.29, 0.717) is 18.4 Å². The van der Waals surface area contributed by atoms with Crippen molar-refractivity contribution in [2.45, 2.75) is 19.0 Å². The van der Waals surface area contributed by atoms with Crippen molar-refractivity contribution in [3.8, 4) is 5.75 Å². The molecular formula is C18H22N3NaO3S. The molecule has 0 aliphatic heterocycles. The molecule has 0 aliphatic rings. The number of pyridine rings is 1. The Labute approximate surface area is 174 Å². The van der Waals surface area contributed by atoms with E-state index in [1.165, 1.54) is 0 Å². The summed E-state index contributed by atoms with van der Waals surface area (Å²) in [6.45, 7) is 6.03. The van der Waals surface area contributed by atoms with E-state index in [4.69, 9.17) is 9.47 Å². The Morgan fingerprint density at radius 1 is 1.23 bits per heavy atom. The Bertz CT molecular complexity index is 793. The molecule has 1 unspecified atom stereocenters. The maximum absolute atomic E-state index is 11.0. The van der Waals surface area contributed by atoms with Gasteiger partial charge in [-0.25, -0.2) is 0 Å². The predicted molar refractivity (Wildman–Crippen MR) is 105 cm³/mol. The van der Waals surface area contributed by atoms with Crippen LogP contribution in [0.15, 0.2) is 41.7 Å². The first-order valence-corrected chi connectivity index (χ1v) is 11.0. The van der Waals surface area contributed by atoms with Crippen molar-refractivity contribution in [3.63, 3.8) is 0 Å². The molecule has 0 amide bonds. The zero-order chi connectivity index (χ0) is 18.9. The van der Waals surface area contributed by atoms with E-state index in [1.54, 1.807) is 12.5 Å². The number of hydrogen-bond donors (Lipinski definition) is 1. The minimum Gasteiger partial charge on any atom is -0.609 e. The molecule has 0 fully saturated rings. The van der Waals surface area contributed by atoms with Crippen molar-refractivity contribution in [2.75, 3.05) is 26.1 Å². The van der Waals surface area contributed by atoms with Gasteiger partial charge in [0.15, 0.2) is 0 Å². The van der Waals surface area contributed by atoms with E-state index in [0.717, 1.165) is 59.8 Å². The van der Waals surface area contributed by atoms with E-state index in [2.05, 4.69) is 15.0 Å². The quantitative estimate of drug-likeness (QED) is 0.399. The summed E-state index contributed by atoms with van der Waals surface area (Å²) >= 11 is -0.0657. The Morgan fingerprint density at radius 3 is 2.69 bits per heavy atom. The summed E-state index contributed by atoms with van der Waals surface area (Å²) in [6.07, 6.45) is 3.41. The molecule has 2 heterocycles. The molecule has 1 atom stereocenters. The summed E-state index contributed by atoms with van der Waals surface area (Å²) in [6, 6.07) is 9.54. The topological polar surface area (TPSA) is 83.1 Å². The fraction of sp³-hybridized carbons (Fsp3) is 0.333. The molecular weight excluding hydrogens is 361 g/mol. The van der Waals surface area contributed by atoms with Crippen molar-refractivity contribution < 1.29 is 14.0 Å². The summed E-state index contributed by atoms with van der Waals surface area (Å²) in [5, 5.41) is 0.538. The third-order valence-electron chi connectivity index (χ3n) is 3.74. The van der Waals surface area contributed by atoms with Crippen molar-refractivity contribution in [1.82, 2.24) is 15.0 Å². The zero-order valence-electron chi connectivity index (χ0n) is 15.6. The van der Waals surface area contributed by atoms with Crippen LogP contribution < -0.4 is 7.68 Å². The third-order valence-corrected chi connectivity index (χ3v) is 5.48. The number of nitrogens with one attached hydrogen (secondary N) is 1. The molecule has 6 nitrogen and oxygen atoms in total. The molecule has 0 radical (unpaired) electrons. The molecule has 3 aromatic rings. The number of fused-ring (bicyclic) bond motifs is 1. The van der Waals surface area contributed by atoms with Gasteiger partial charge in [-0.05, 0) is 12.1 Å². The van der Waals surface area contributed by atoms with Crippen LogP contribution >= 0.6 is 0 Å². The van der Waals surface area contributed by atoms with Crippen LogP contribution in [0.4, 0.5) is 0 Å². The monoisotopic (exact) mass is 383 g/mol. The number of ether oxygens (including phenoxy) is 2. The van der Waals surface area contributed by atoms with Crippen molar-refractivity contribution >= 4 is 53.1 Å². The SMILES string of the molecule is CCOCCOc1ccn[c]([Na])c1C.C[S+]([O-])c1nc2ccccc2[nH]1. The van der Waals surface area contributed by atoms with E-state index in [9.17, 15) is 4.55 Å². The number of rotatable bonds is 6. The van der Waals surface area contributed by atoms with Crippen LogP contribution in [0.1, 0.15) is 12.5 Å². The van der Waals surface area contributed by atoms with Gasteiger partial charge >= 0.3 is 108 Å². The van der Waals surface area contributed by atoms with Crippen LogP contribution in [-0.2, 0) is 15.9 Å². The predicted octanol–water partition coefficient (Wildman–Crippen LogP) is 1.90. The third kappa shape index (κ3) is 6.26. The van der Waals surface area contributed by atoms with Gasteiger partial charge in [-0.3, -0.25) is 4.98 Å². The van der Waals surface area contributed by atoms with E-state index in [-0.39, 0.29) is 0 Å². The van der Waals surface area contributed by atoms with Gasteiger partial charge in [0.1, 0.15) is 6.26 Å². The van der Waals surface area contributed by atoms with Crippen molar-refractivity contribution in [2.24, 2.45) is 0 Å². The fourth-order valence-electron chi connectivity index (χ4n) is 2.19. The number of aromatic amines is 1. The molecule has 0 aliphatic carbocycles. The average molecular weight is 383 g/mol. The van der Waals surface area contributed by atoms with Crippen molar-refractivity contribution in [1.29, 1.82) is 0 Å². The maximum atomic E-state index is 11.0. The van der Waals surface area contributed by atoms with Gasteiger partial charge in [0.25, 0.3) is 0 Å². The molecule has 0 saturated carbocycles. The number of aromatic nitrogens is 3. The van der Waals surface area contributed by atoms with Crippen LogP contribution in [0.5, 0.6) is 5.75 Å². The van der Waals surface area contributed by atoms with E-state index >= 15 is 0 Å². The molecule has 0 bridgehead atoms. The molecule has 134 valence electrons. The molecule has 8 heteroatoms. The number of para-hydroxylation sites is 2. The van der Waals surface area contributed by atoms with Crippen LogP contribution in [0.3, 0.4) is 0 Å². The van der Waals surface area contributed by atoms with Crippen LogP contribution in [0, 0.1) is 6.92 Å². The van der Waals surface area contributed by atoms with Crippen LogP contribution in [0.25, 0.3) is 11.0 Å². The minimum absolute atomic E-state index is 0.538. The summed E-state index contributed by atoms with van der Waals surface area (Å²) in [4.78, 5) is 11.4. The van der Waals surface area contributed by atoms with Crippen LogP contribution in [-0.4, -0.2) is 73.5 Å². The molecule has 1 aromatic carbocycles. The molecule has 26 heavy (non-hydrogen) atoms. The Morgan fingerprint density at radius 2 is 2.00 bits per heavy atom. The maximum Gasteiger partial charge on any atom is 0.321 e. The second kappa shape index (κ2) is 10.9. The number of imidazole rings is 1. The number of nitrogens with zero attached hydrogens (tertiary/aromatic N) is 2. The standard InChI is InChI=1S/C10H14NO2.C8H8N2OS.Na/c1-3-12-6-7-13-10-4-5-11-8-9(10)2;1-12(11)8-9-6-4-2-3-5-7(6)10-8;/h4-5H,3,6-7H2,1-2H3;2-5H,1H3,(H,9,10);. The van der Waals surface area contributed by atoms with Crippen LogP contribution in [0.2, 0.25) is 0 Å². The first-order valence-electron chi connectivity index (χ1n) is 8.43. The molecule has 2 aromatic heterocycles. The molecule has 0 spiro atoms. The largest absolute Gasteiger partial charge is 0.609 e. The average Bonchev–Trinajstić information content (AvgIpc) is 3.07. The van der Waals surface area contributed by atoms with Gasteiger partial charge in [-0.1, -0.05) is 12.1 Å². The van der Waals surface area contributed by atoms with Gasteiger partial charge in [-0.2, -0.15) is 4.98 Å². The Hall–Kier alpha value is -1.09. The number of H-pyrrole nitrogens is 1. The Kier molecular flexibility index (Phi) is 8.90. The van der Waals surface area contributed by atoms with E-state index in [1.807, 2.05) is 44.2 Å². The normalized spacial score (nSPS) is 11.8. The van der Waals surface area contributed by atoms with Gasteiger partial charge < -0.3 is 4.55 Å². The summed E-state index contributed by atoms with van der Waals surface area (Å²) in [7, 11) is 0. The first-order chi connectivity index (χ1) is 12.5. The molecule has 1 N–H and O–H groups in total. The number of hydrogen-bond acceptors (Lipinski definition) is 5. The smallest absolute Gasteiger partial charge is 0.321 e. The molecule has 3 rings (SSSR count). The minimum atomic E-state index is -1.03.